The first-order valence-electron chi connectivity index (χ1n) is 24.9. The van der Waals surface area contributed by atoms with Crippen molar-refractivity contribution < 1.29 is 49.4 Å². The molecule has 68 heavy (non-hydrogen) atoms. The quantitative estimate of drug-likeness (QED) is 0.0786. The maximum atomic E-state index is 15.8. The molecule has 3 heterocycles. The summed E-state index contributed by atoms with van der Waals surface area (Å²) in [6.45, 7) is 3.67. The van der Waals surface area contributed by atoms with Gasteiger partial charge in [-0.05, 0) is 133 Å². The van der Waals surface area contributed by atoms with Crippen LogP contribution in [0.5, 0.6) is 11.5 Å². The Hall–Kier alpha value is -5.51. The summed E-state index contributed by atoms with van der Waals surface area (Å²) < 4.78 is 13.1. The summed E-state index contributed by atoms with van der Waals surface area (Å²) in [5, 5.41) is 63.0. The molecule has 0 amide bonds. The summed E-state index contributed by atoms with van der Waals surface area (Å²) in [7, 11) is 0. The van der Waals surface area contributed by atoms with Gasteiger partial charge in [0.2, 0.25) is 0 Å². The highest BCUT2D eigenvalue weighted by Crippen LogP contribution is 2.56. The van der Waals surface area contributed by atoms with E-state index in [0.29, 0.717) is 84.0 Å². The van der Waals surface area contributed by atoms with E-state index in [0.717, 1.165) is 23.1 Å². The lowest BCUT2D eigenvalue weighted by atomic mass is 9.53. The van der Waals surface area contributed by atoms with E-state index in [1.165, 1.54) is 0 Å². The molecule has 7 aliphatic rings. The van der Waals surface area contributed by atoms with E-state index in [4.69, 9.17) is 9.47 Å². The number of Topliss-reactive ketones (excluding diaryl/α,β-unsaturated/α-hetero) is 1. The second-order valence-electron chi connectivity index (χ2n) is 20.6. The number of phenolic OH excluding ortho intramolecular Hbond substituents is 1. The Morgan fingerprint density at radius 3 is 2.51 bits per heavy atom. The highest BCUT2D eigenvalue weighted by molar-refractivity contribution is 5.90. The number of esters is 2. The van der Waals surface area contributed by atoms with Crippen LogP contribution in [0, 0.1) is 35.5 Å². The molecule has 356 valence electrons. The fourth-order valence-corrected chi connectivity index (χ4v) is 13.1. The number of hydrogen-bond acceptors (Lipinski definition) is 11. The predicted molar refractivity (Wildman–Crippen MR) is 256 cm³/mol. The number of fused-ring (bicyclic) bond motifs is 8. The maximum absolute atomic E-state index is 15.8. The molecule has 6 N–H and O–H groups in total. The number of benzene rings is 3. The first-order chi connectivity index (χ1) is 32.8. The Balaban J connectivity index is 1.24. The molecular formula is C57H63NO10. The van der Waals surface area contributed by atoms with Gasteiger partial charge in [-0.15, -0.1) is 0 Å². The molecule has 0 saturated heterocycles. The van der Waals surface area contributed by atoms with Crippen molar-refractivity contribution in [3.63, 3.8) is 0 Å². The van der Waals surface area contributed by atoms with Crippen LogP contribution in [0.4, 0.5) is 5.69 Å². The molecule has 0 radical (unpaired) electrons. The van der Waals surface area contributed by atoms with Gasteiger partial charge in [-0.2, -0.15) is 0 Å². The monoisotopic (exact) mass is 921 g/mol. The maximum Gasteiger partial charge on any atom is 0.334 e. The molecule has 2 saturated carbocycles. The highest BCUT2D eigenvalue weighted by atomic mass is 16.6. The van der Waals surface area contributed by atoms with Gasteiger partial charge in [-0.25, -0.2) is 4.79 Å². The number of aliphatic hydroxyl groups is 4. The third-order valence-electron chi connectivity index (χ3n) is 16.5. The van der Waals surface area contributed by atoms with Crippen molar-refractivity contribution in [1.29, 1.82) is 0 Å². The fraction of sp³-hybridized carbons (Fsp3) is 0.491. The van der Waals surface area contributed by atoms with Gasteiger partial charge in [0.25, 0.3) is 0 Å². The van der Waals surface area contributed by atoms with Gasteiger partial charge >= 0.3 is 11.9 Å². The van der Waals surface area contributed by atoms with E-state index in [1.54, 1.807) is 13.0 Å². The standard InChI is InChI=1S/C57H63NO10/c1-3-41-14-16-43-46-22-32-9-10-34-13-15-44(50(62)26-39(34)19-32)47-24-36(38-20-33(30-59)21-42(23-38)58-29-31(2)60)11-12-37-28-52(63)68-55-45(37)25-40(54(64)53(55)35-7-5-4-6-8-35)27-51(67-56(47)65)57(41,66)48(43)17-18-49(46)61/h4-7,9-10,19-21,23,25,31,35-37,41,43,46,48,50-51,58-60,62,64,66H,3,8,13-18,22,24,26-30H2,1-2H3. The molecule has 0 spiro atoms. The van der Waals surface area contributed by atoms with Gasteiger partial charge in [0.05, 0.1) is 31.2 Å². The highest BCUT2D eigenvalue weighted by Gasteiger charge is 2.59. The molecule has 3 aromatic rings. The molecule has 11 atom stereocenters. The minimum Gasteiger partial charge on any atom is -0.507 e. The van der Waals surface area contributed by atoms with E-state index in [2.05, 4.69) is 35.4 Å². The van der Waals surface area contributed by atoms with Crippen LogP contribution in [0.2, 0.25) is 0 Å². The van der Waals surface area contributed by atoms with Crippen LogP contribution in [0.1, 0.15) is 134 Å². The van der Waals surface area contributed by atoms with E-state index in [-0.39, 0.29) is 91.8 Å². The lowest BCUT2D eigenvalue weighted by molar-refractivity contribution is -0.212. The third kappa shape index (κ3) is 8.52. The van der Waals surface area contributed by atoms with Crippen molar-refractivity contribution in [2.24, 2.45) is 23.7 Å². The van der Waals surface area contributed by atoms with Gasteiger partial charge in [-0.3, -0.25) is 9.59 Å². The summed E-state index contributed by atoms with van der Waals surface area (Å²) in [6.07, 6.45) is 9.55. The number of aliphatic hydroxyl groups excluding tert-OH is 3. The van der Waals surface area contributed by atoms with Gasteiger partial charge in [0.15, 0.2) is 0 Å². The molecule has 11 unspecified atom stereocenters. The normalized spacial score (nSPS) is 31.2. The Kier molecular flexibility index (Phi) is 12.8. The van der Waals surface area contributed by atoms with Crippen LogP contribution in [-0.4, -0.2) is 73.7 Å². The Labute approximate surface area is 398 Å². The Morgan fingerprint density at radius 2 is 1.74 bits per heavy atom. The molecule has 10 rings (SSSR count). The van der Waals surface area contributed by atoms with Crippen LogP contribution >= 0.6 is 0 Å². The first-order valence-corrected chi connectivity index (χ1v) is 24.9. The Bertz CT molecular complexity index is 2680. The van der Waals surface area contributed by atoms with Crippen LogP contribution in [0.15, 0.2) is 77.9 Å². The average molecular weight is 922 g/mol. The largest absolute Gasteiger partial charge is 0.507 e. The number of ether oxygens (including phenoxy) is 2. The molecule has 4 aliphatic carbocycles. The van der Waals surface area contributed by atoms with Gasteiger partial charge in [0.1, 0.15) is 29.0 Å². The van der Waals surface area contributed by atoms with Crippen molar-refractivity contribution in [3.05, 3.63) is 122 Å². The van der Waals surface area contributed by atoms with Crippen molar-refractivity contribution in [3.8, 4) is 23.3 Å². The third-order valence-corrected chi connectivity index (χ3v) is 16.5. The second kappa shape index (κ2) is 18.8. The van der Waals surface area contributed by atoms with E-state index >= 15 is 4.79 Å². The van der Waals surface area contributed by atoms with Gasteiger partial charge < -0.3 is 40.3 Å². The molecule has 3 aliphatic heterocycles. The minimum absolute atomic E-state index is 0.00710. The van der Waals surface area contributed by atoms with E-state index in [1.807, 2.05) is 49.4 Å². The summed E-state index contributed by atoms with van der Waals surface area (Å²) in [6, 6.07) is 13.7. The van der Waals surface area contributed by atoms with Crippen molar-refractivity contribution in [2.75, 3.05) is 11.9 Å². The number of phenols is 1. The molecule has 11 heteroatoms. The van der Waals surface area contributed by atoms with Crippen LogP contribution < -0.4 is 10.1 Å². The number of rotatable bonds is 7. The SMILES string of the molecule is CCC1CCC2C3Cc4ccc5c(c4)CC(O)C(=C4CC(c6cc(CO)cc(NCC(C)O)c6)C#CC6CC(=O)Oc7c6cc(c(O)c7C6C=CC=CC6)CC(OC4=O)C1(O)C2CCC3=O)CC5. The van der Waals surface area contributed by atoms with Crippen molar-refractivity contribution >= 4 is 23.4 Å². The number of anilines is 1. The lowest BCUT2D eigenvalue weighted by Gasteiger charge is -2.56. The zero-order valence-electron chi connectivity index (χ0n) is 39.0. The van der Waals surface area contributed by atoms with E-state index in [9.17, 15) is 35.1 Å². The topological polar surface area (TPSA) is 183 Å². The summed E-state index contributed by atoms with van der Waals surface area (Å²) in [4.78, 5) is 43.6. The Morgan fingerprint density at radius 1 is 0.897 bits per heavy atom. The fourth-order valence-electron chi connectivity index (χ4n) is 13.1. The van der Waals surface area contributed by atoms with Crippen molar-refractivity contribution in [1.82, 2.24) is 0 Å². The molecule has 3 aromatic carbocycles. The first kappa shape index (κ1) is 46.2. The summed E-state index contributed by atoms with van der Waals surface area (Å²) >= 11 is 0. The number of nitrogens with one attached hydrogen (secondary N) is 1. The number of carbonyl (C=O) groups is 3. The number of hydrogen-bond donors (Lipinski definition) is 6. The molecule has 2 fully saturated rings. The number of aromatic hydroxyl groups is 1. The van der Waals surface area contributed by atoms with Gasteiger partial charge in [-0.1, -0.05) is 73.8 Å². The summed E-state index contributed by atoms with van der Waals surface area (Å²) in [5.74, 6) is 3.08. The number of carbonyl (C=O) groups excluding carboxylic acids is 3. The molecule has 11 bridgehead atoms. The van der Waals surface area contributed by atoms with E-state index < -0.39 is 53.6 Å². The lowest BCUT2D eigenvalue weighted by Crippen LogP contribution is -2.63. The van der Waals surface area contributed by atoms with Gasteiger partial charge in [0, 0.05) is 65.9 Å². The number of ketones is 1. The zero-order valence-corrected chi connectivity index (χ0v) is 39.0. The molecule has 11 nitrogen and oxygen atoms in total. The van der Waals surface area contributed by atoms with Crippen LogP contribution in [0.25, 0.3) is 0 Å². The minimum atomic E-state index is -1.62. The molecule has 0 aromatic heterocycles. The smallest absolute Gasteiger partial charge is 0.334 e. The predicted octanol–water partition coefficient (Wildman–Crippen LogP) is 7.48. The zero-order chi connectivity index (χ0) is 47.4. The second-order valence-corrected chi connectivity index (χ2v) is 20.6. The number of aryl methyl sites for hydroxylation is 1. The number of allylic oxidation sites excluding steroid dienone is 4. The van der Waals surface area contributed by atoms with Crippen molar-refractivity contribution in [2.45, 2.75) is 146 Å². The average Bonchev–Trinajstić information content (AvgIpc) is 3.48. The molecular weight excluding hydrogens is 859 g/mol. The summed E-state index contributed by atoms with van der Waals surface area (Å²) in [5.41, 5.74) is 5.56. The van der Waals surface area contributed by atoms with Crippen LogP contribution in [-0.2, 0) is 51.4 Å². The van der Waals surface area contributed by atoms with Crippen LogP contribution in [0.3, 0.4) is 0 Å².